The third kappa shape index (κ3) is 2.94. The molecular formula is C11H23N3. The van der Waals surface area contributed by atoms with E-state index in [-0.39, 0.29) is 0 Å². The molecule has 82 valence electrons. The van der Waals surface area contributed by atoms with E-state index in [1.807, 2.05) is 0 Å². The first-order valence-corrected chi connectivity index (χ1v) is 5.94. The molecule has 0 spiro atoms. The Bertz CT molecular complexity index is 168. The van der Waals surface area contributed by atoms with Crippen molar-refractivity contribution in [3.05, 3.63) is 0 Å². The van der Waals surface area contributed by atoms with Crippen LogP contribution in [-0.2, 0) is 0 Å². The lowest BCUT2D eigenvalue weighted by molar-refractivity contribution is 0.202. The minimum atomic E-state index is 0.891. The van der Waals surface area contributed by atoms with Gasteiger partial charge in [0, 0.05) is 26.2 Å². The Kier molecular flexibility index (Phi) is 3.79. The maximum Gasteiger partial charge on any atom is 0.00187 e. The topological polar surface area (TPSA) is 27.3 Å². The number of hydrogen-bond acceptors (Lipinski definition) is 3. The number of rotatable bonds is 4. The normalized spacial score (nSPS) is 30.2. The fourth-order valence-electron chi connectivity index (χ4n) is 2.42. The van der Waals surface area contributed by atoms with E-state index in [0.717, 1.165) is 11.8 Å². The van der Waals surface area contributed by atoms with Gasteiger partial charge in [0.15, 0.2) is 0 Å². The van der Waals surface area contributed by atoms with Gasteiger partial charge in [0.1, 0.15) is 0 Å². The summed E-state index contributed by atoms with van der Waals surface area (Å²) in [5.74, 6) is 1.79. The third-order valence-electron chi connectivity index (χ3n) is 3.45. The van der Waals surface area contributed by atoms with Gasteiger partial charge in [-0.25, -0.2) is 0 Å². The molecule has 2 N–H and O–H groups in total. The largest absolute Gasteiger partial charge is 0.316 e. The Balaban J connectivity index is 1.55. The molecule has 0 bridgehead atoms. The van der Waals surface area contributed by atoms with E-state index in [2.05, 4.69) is 22.6 Å². The molecule has 0 amide bonds. The molecular weight excluding hydrogens is 174 g/mol. The standard InChI is InChI=1S/C11H23N3/c1-14-4-2-3-10(9-14)5-12-6-11-7-13-8-11/h10-13H,2-9H2,1H3. The van der Waals surface area contributed by atoms with Crippen LogP contribution in [0.25, 0.3) is 0 Å². The molecule has 2 rings (SSSR count). The first kappa shape index (κ1) is 10.4. The predicted molar refractivity (Wildman–Crippen MR) is 59.5 cm³/mol. The highest BCUT2D eigenvalue weighted by molar-refractivity contribution is 4.78. The second-order valence-electron chi connectivity index (χ2n) is 4.95. The van der Waals surface area contributed by atoms with Crippen molar-refractivity contribution in [3.63, 3.8) is 0 Å². The van der Waals surface area contributed by atoms with E-state index < -0.39 is 0 Å². The summed E-state index contributed by atoms with van der Waals surface area (Å²) in [4.78, 5) is 2.46. The fourth-order valence-corrected chi connectivity index (χ4v) is 2.42. The summed E-state index contributed by atoms with van der Waals surface area (Å²) < 4.78 is 0. The molecule has 0 radical (unpaired) electrons. The van der Waals surface area contributed by atoms with E-state index in [4.69, 9.17) is 0 Å². The Morgan fingerprint density at radius 3 is 2.71 bits per heavy atom. The highest BCUT2D eigenvalue weighted by Gasteiger charge is 2.19. The number of hydrogen-bond donors (Lipinski definition) is 2. The summed E-state index contributed by atoms with van der Waals surface area (Å²) in [7, 11) is 2.24. The molecule has 1 unspecified atom stereocenters. The van der Waals surface area contributed by atoms with Crippen LogP contribution in [0.2, 0.25) is 0 Å². The molecule has 1 atom stereocenters. The van der Waals surface area contributed by atoms with Crippen LogP contribution in [0, 0.1) is 11.8 Å². The SMILES string of the molecule is CN1CCCC(CNCC2CNC2)C1. The molecule has 3 heteroatoms. The molecule has 2 aliphatic rings. The van der Waals surface area contributed by atoms with Crippen LogP contribution in [0.4, 0.5) is 0 Å². The average Bonchev–Trinajstić information content (AvgIpc) is 2.09. The lowest BCUT2D eigenvalue weighted by atomic mass is 9.97. The lowest BCUT2D eigenvalue weighted by Gasteiger charge is -2.31. The maximum absolute atomic E-state index is 3.61. The van der Waals surface area contributed by atoms with Gasteiger partial charge in [-0.2, -0.15) is 0 Å². The molecule has 0 aliphatic carbocycles. The molecule has 0 saturated carbocycles. The van der Waals surface area contributed by atoms with E-state index in [9.17, 15) is 0 Å². The Morgan fingerprint density at radius 2 is 2.07 bits per heavy atom. The molecule has 14 heavy (non-hydrogen) atoms. The Hall–Kier alpha value is -0.120. The fraction of sp³-hybridized carbons (Fsp3) is 1.00. The number of nitrogens with one attached hydrogen (secondary N) is 2. The van der Waals surface area contributed by atoms with Gasteiger partial charge in [0.05, 0.1) is 0 Å². The third-order valence-corrected chi connectivity index (χ3v) is 3.45. The van der Waals surface area contributed by atoms with Crippen molar-refractivity contribution in [2.24, 2.45) is 11.8 Å². The minimum absolute atomic E-state index is 0.891. The molecule has 3 nitrogen and oxygen atoms in total. The zero-order chi connectivity index (χ0) is 9.80. The maximum atomic E-state index is 3.61. The van der Waals surface area contributed by atoms with E-state index in [0.29, 0.717) is 0 Å². The summed E-state index contributed by atoms with van der Waals surface area (Å²) in [5, 5.41) is 6.92. The highest BCUT2D eigenvalue weighted by atomic mass is 15.1. The van der Waals surface area contributed by atoms with Crippen LogP contribution in [0.5, 0.6) is 0 Å². The van der Waals surface area contributed by atoms with E-state index in [1.165, 1.54) is 52.1 Å². The van der Waals surface area contributed by atoms with Crippen molar-refractivity contribution < 1.29 is 0 Å². The lowest BCUT2D eigenvalue weighted by Crippen LogP contribution is -2.48. The Labute approximate surface area is 87.2 Å². The summed E-state index contributed by atoms with van der Waals surface area (Å²) in [5.41, 5.74) is 0. The molecule has 2 saturated heterocycles. The quantitative estimate of drug-likeness (QED) is 0.671. The smallest absolute Gasteiger partial charge is 0.00187 e. The van der Waals surface area contributed by atoms with Gasteiger partial charge in [0.25, 0.3) is 0 Å². The van der Waals surface area contributed by atoms with Crippen molar-refractivity contribution in [2.75, 3.05) is 46.3 Å². The van der Waals surface area contributed by atoms with Crippen LogP contribution >= 0.6 is 0 Å². The molecule has 2 heterocycles. The summed E-state index contributed by atoms with van der Waals surface area (Å²) >= 11 is 0. The van der Waals surface area contributed by atoms with Crippen molar-refractivity contribution in [2.45, 2.75) is 12.8 Å². The Morgan fingerprint density at radius 1 is 1.29 bits per heavy atom. The highest BCUT2D eigenvalue weighted by Crippen LogP contribution is 2.14. The zero-order valence-corrected chi connectivity index (χ0v) is 9.26. The number of likely N-dealkylation sites (tertiary alicyclic amines) is 1. The second-order valence-corrected chi connectivity index (χ2v) is 4.95. The monoisotopic (exact) mass is 197 g/mol. The van der Waals surface area contributed by atoms with Crippen LogP contribution in [-0.4, -0.2) is 51.2 Å². The van der Waals surface area contributed by atoms with Crippen LogP contribution in [0.15, 0.2) is 0 Å². The first-order chi connectivity index (χ1) is 6.84. The predicted octanol–water partition coefficient (Wildman–Crippen LogP) is 0.137. The van der Waals surface area contributed by atoms with Gasteiger partial charge < -0.3 is 15.5 Å². The van der Waals surface area contributed by atoms with Gasteiger partial charge in [-0.3, -0.25) is 0 Å². The molecule has 0 aromatic carbocycles. The molecule has 0 aromatic rings. The summed E-state index contributed by atoms with van der Waals surface area (Å²) in [6, 6.07) is 0. The van der Waals surface area contributed by atoms with Crippen molar-refractivity contribution in [1.29, 1.82) is 0 Å². The van der Waals surface area contributed by atoms with Gasteiger partial charge in [-0.05, 0) is 44.8 Å². The van der Waals surface area contributed by atoms with E-state index in [1.54, 1.807) is 0 Å². The van der Waals surface area contributed by atoms with Crippen LogP contribution in [0.3, 0.4) is 0 Å². The van der Waals surface area contributed by atoms with Crippen LogP contribution < -0.4 is 10.6 Å². The van der Waals surface area contributed by atoms with Crippen LogP contribution in [0.1, 0.15) is 12.8 Å². The zero-order valence-electron chi connectivity index (χ0n) is 9.26. The van der Waals surface area contributed by atoms with E-state index >= 15 is 0 Å². The summed E-state index contributed by atoms with van der Waals surface area (Å²) in [6.07, 6.45) is 2.80. The van der Waals surface area contributed by atoms with Gasteiger partial charge in [-0.15, -0.1) is 0 Å². The van der Waals surface area contributed by atoms with Crippen molar-refractivity contribution in [1.82, 2.24) is 15.5 Å². The number of piperidine rings is 1. The molecule has 2 aliphatic heterocycles. The second kappa shape index (κ2) is 5.10. The van der Waals surface area contributed by atoms with Crippen molar-refractivity contribution >= 4 is 0 Å². The van der Waals surface area contributed by atoms with Gasteiger partial charge >= 0.3 is 0 Å². The molecule has 2 fully saturated rings. The van der Waals surface area contributed by atoms with Gasteiger partial charge in [-0.1, -0.05) is 0 Å². The number of nitrogens with zero attached hydrogens (tertiary/aromatic N) is 1. The first-order valence-electron chi connectivity index (χ1n) is 5.94. The molecule has 0 aromatic heterocycles. The minimum Gasteiger partial charge on any atom is -0.316 e. The van der Waals surface area contributed by atoms with Gasteiger partial charge in [0.2, 0.25) is 0 Å². The van der Waals surface area contributed by atoms with Crippen molar-refractivity contribution in [3.8, 4) is 0 Å². The average molecular weight is 197 g/mol. The summed E-state index contributed by atoms with van der Waals surface area (Å²) in [6.45, 7) is 7.46.